The molecular formula is C15H16FN3OS. The van der Waals surface area contributed by atoms with Gasteiger partial charge in [0.15, 0.2) is 0 Å². The van der Waals surface area contributed by atoms with Crippen LogP contribution in [0.3, 0.4) is 0 Å². The minimum Gasteiger partial charge on any atom is -0.297 e. The third-order valence-corrected chi connectivity index (χ3v) is 3.46. The molecule has 6 heteroatoms. The summed E-state index contributed by atoms with van der Waals surface area (Å²) in [6.07, 6.45) is 3.54. The van der Waals surface area contributed by atoms with Crippen molar-refractivity contribution in [2.24, 2.45) is 5.92 Å². The molecule has 0 aliphatic heterocycles. The average Bonchev–Trinajstić information content (AvgIpc) is 2.84. The number of aromatic nitrogens is 2. The molecule has 0 radical (unpaired) electrons. The van der Waals surface area contributed by atoms with Crippen LogP contribution in [0.5, 0.6) is 0 Å². The molecule has 1 amide bonds. The van der Waals surface area contributed by atoms with Crippen LogP contribution in [0.2, 0.25) is 0 Å². The Morgan fingerprint density at radius 3 is 2.86 bits per heavy atom. The standard InChI is InChI=1S/C15H16FN3OS/c1-10(2)9-14-18-19-15(21-14)17-13(20)8-7-11-5-3-4-6-12(11)16/h3-8,10H,9H2,1-2H3,(H,17,19,20)/b8-7+. The van der Waals surface area contributed by atoms with Gasteiger partial charge in [-0.15, -0.1) is 10.2 Å². The number of hydrogen-bond donors (Lipinski definition) is 1. The Balaban J connectivity index is 1.95. The van der Waals surface area contributed by atoms with E-state index in [1.165, 1.54) is 29.6 Å². The fraction of sp³-hybridized carbons (Fsp3) is 0.267. The van der Waals surface area contributed by atoms with E-state index in [0.717, 1.165) is 11.4 Å². The Bertz CT molecular complexity index is 652. The molecule has 110 valence electrons. The second-order valence-electron chi connectivity index (χ2n) is 4.94. The molecule has 0 saturated carbocycles. The van der Waals surface area contributed by atoms with E-state index in [-0.39, 0.29) is 11.7 Å². The lowest BCUT2D eigenvalue weighted by Crippen LogP contribution is -2.07. The van der Waals surface area contributed by atoms with Crippen molar-refractivity contribution in [3.63, 3.8) is 0 Å². The molecule has 0 atom stereocenters. The van der Waals surface area contributed by atoms with Crippen LogP contribution >= 0.6 is 11.3 Å². The van der Waals surface area contributed by atoms with E-state index in [4.69, 9.17) is 0 Å². The lowest BCUT2D eigenvalue weighted by molar-refractivity contribution is -0.111. The zero-order chi connectivity index (χ0) is 15.2. The summed E-state index contributed by atoms with van der Waals surface area (Å²) in [6, 6.07) is 6.26. The van der Waals surface area contributed by atoms with Crippen molar-refractivity contribution in [3.05, 3.63) is 46.7 Å². The van der Waals surface area contributed by atoms with Crippen molar-refractivity contribution >= 4 is 28.5 Å². The van der Waals surface area contributed by atoms with Gasteiger partial charge in [0.05, 0.1) is 0 Å². The number of carbonyl (C=O) groups is 1. The van der Waals surface area contributed by atoms with Gasteiger partial charge >= 0.3 is 0 Å². The first-order chi connectivity index (χ1) is 10.0. The SMILES string of the molecule is CC(C)Cc1nnc(NC(=O)/C=C/c2ccccc2F)s1. The Hall–Kier alpha value is -2.08. The molecule has 0 aliphatic rings. The zero-order valence-corrected chi connectivity index (χ0v) is 12.7. The number of anilines is 1. The van der Waals surface area contributed by atoms with Crippen molar-refractivity contribution in [2.75, 3.05) is 5.32 Å². The maximum absolute atomic E-state index is 13.4. The molecule has 2 rings (SSSR count). The molecule has 4 nitrogen and oxygen atoms in total. The number of nitrogens with zero attached hydrogens (tertiary/aromatic N) is 2. The van der Waals surface area contributed by atoms with Crippen molar-refractivity contribution in [2.45, 2.75) is 20.3 Å². The summed E-state index contributed by atoms with van der Waals surface area (Å²) in [5, 5.41) is 11.9. The van der Waals surface area contributed by atoms with Crippen LogP contribution in [0.15, 0.2) is 30.3 Å². The summed E-state index contributed by atoms with van der Waals surface area (Å²) in [4.78, 5) is 11.7. The third-order valence-electron chi connectivity index (χ3n) is 2.60. The Morgan fingerprint density at radius 1 is 1.38 bits per heavy atom. The molecule has 1 aromatic heterocycles. The number of hydrogen-bond acceptors (Lipinski definition) is 4. The molecule has 1 aromatic carbocycles. The third kappa shape index (κ3) is 4.75. The molecule has 1 heterocycles. The van der Waals surface area contributed by atoms with Crippen LogP contribution in [0.25, 0.3) is 6.08 Å². The molecule has 0 saturated heterocycles. The van der Waals surface area contributed by atoms with Crippen molar-refractivity contribution < 1.29 is 9.18 Å². The summed E-state index contributed by atoms with van der Waals surface area (Å²) in [5.41, 5.74) is 0.366. The van der Waals surface area contributed by atoms with Gasteiger partial charge in [-0.1, -0.05) is 43.4 Å². The quantitative estimate of drug-likeness (QED) is 0.860. The van der Waals surface area contributed by atoms with Gasteiger partial charge in [-0.05, 0) is 18.1 Å². The van der Waals surface area contributed by atoms with Gasteiger partial charge in [-0.3, -0.25) is 10.1 Å². The minimum atomic E-state index is -0.364. The molecule has 0 bridgehead atoms. The summed E-state index contributed by atoms with van der Waals surface area (Å²) in [6.45, 7) is 4.19. The summed E-state index contributed by atoms with van der Waals surface area (Å²) in [5.74, 6) is -0.232. The first-order valence-electron chi connectivity index (χ1n) is 6.60. The van der Waals surface area contributed by atoms with Crippen LogP contribution in [0.1, 0.15) is 24.4 Å². The number of halogens is 1. The molecule has 21 heavy (non-hydrogen) atoms. The van der Waals surface area contributed by atoms with E-state index < -0.39 is 0 Å². The topological polar surface area (TPSA) is 54.9 Å². The zero-order valence-electron chi connectivity index (χ0n) is 11.8. The predicted molar refractivity (Wildman–Crippen MR) is 82.5 cm³/mol. The molecule has 0 unspecified atom stereocenters. The van der Waals surface area contributed by atoms with E-state index in [1.54, 1.807) is 18.2 Å². The summed E-state index contributed by atoms with van der Waals surface area (Å²) >= 11 is 1.35. The highest BCUT2D eigenvalue weighted by Gasteiger charge is 2.07. The number of rotatable bonds is 5. The van der Waals surface area contributed by atoms with Gasteiger partial charge in [-0.25, -0.2) is 4.39 Å². The van der Waals surface area contributed by atoms with Crippen molar-refractivity contribution in [3.8, 4) is 0 Å². The van der Waals surface area contributed by atoms with Crippen molar-refractivity contribution in [1.82, 2.24) is 10.2 Å². The molecule has 1 N–H and O–H groups in total. The molecule has 0 aliphatic carbocycles. The fourth-order valence-electron chi connectivity index (χ4n) is 1.66. The van der Waals surface area contributed by atoms with Gasteiger partial charge < -0.3 is 0 Å². The molecule has 2 aromatic rings. The summed E-state index contributed by atoms with van der Waals surface area (Å²) < 4.78 is 13.4. The first kappa shape index (κ1) is 15.3. The number of carbonyl (C=O) groups excluding carboxylic acids is 1. The molecule has 0 fully saturated rings. The highest BCUT2D eigenvalue weighted by Crippen LogP contribution is 2.18. The van der Waals surface area contributed by atoms with E-state index in [2.05, 4.69) is 29.4 Å². The monoisotopic (exact) mass is 305 g/mol. The lowest BCUT2D eigenvalue weighted by atomic mass is 10.1. The summed E-state index contributed by atoms with van der Waals surface area (Å²) in [7, 11) is 0. The van der Waals surface area contributed by atoms with Crippen LogP contribution in [0.4, 0.5) is 9.52 Å². The van der Waals surface area contributed by atoms with Gasteiger partial charge in [0.1, 0.15) is 10.8 Å². The van der Waals surface area contributed by atoms with E-state index >= 15 is 0 Å². The van der Waals surface area contributed by atoms with Gasteiger partial charge in [0, 0.05) is 18.1 Å². The smallest absolute Gasteiger partial charge is 0.250 e. The van der Waals surface area contributed by atoms with Crippen molar-refractivity contribution in [1.29, 1.82) is 0 Å². The predicted octanol–water partition coefficient (Wildman–Crippen LogP) is 3.53. The van der Waals surface area contributed by atoms with Gasteiger partial charge in [0.25, 0.3) is 0 Å². The van der Waals surface area contributed by atoms with Gasteiger partial charge in [0.2, 0.25) is 11.0 Å². The van der Waals surface area contributed by atoms with Crippen LogP contribution in [0, 0.1) is 11.7 Å². The van der Waals surface area contributed by atoms with E-state index in [1.807, 2.05) is 0 Å². The highest BCUT2D eigenvalue weighted by atomic mass is 32.1. The lowest BCUT2D eigenvalue weighted by Gasteiger charge is -1.98. The van der Waals surface area contributed by atoms with Gasteiger partial charge in [-0.2, -0.15) is 0 Å². The van der Waals surface area contributed by atoms with E-state index in [0.29, 0.717) is 16.6 Å². The fourth-order valence-corrected chi connectivity index (χ4v) is 2.61. The molecular weight excluding hydrogens is 289 g/mol. The van der Waals surface area contributed by atoms with E-state index in [9.17, 15) is 9.18 Å². The normalized spacial score (nSPS) is 11.2. The van der Waals surface area contributed by atoms with Crippen LogP contribution in [-0.4, -0.2) is 16.1 Å². The van der Waals surface area contributed by atoms with Crippen LogP contribution < -0.4 is 5.32 Å². The Morgan fingerprint density at radius 2 is 2.14 bits per heavy atom. The minimum absolute atomic E-state index is 0.356. The average molecular weight is 305 g/mol. The highest BCUT2D eigenvalue weighted by molar-refractivity contribution is 7.15. The maximum Gasteiger partial charge on any atom is 0.250 e. The first-order valence-corrected chi connectivity index (χ1v) is 7.42. The molecule has 0 spiro atoms. The Kier molecular flexibility index (Phi) is 5.16. The second kappa shape index (κ2) is 7.08. The second-order valence-corrected chi connectivity index (χ2v) is 6.01. The number of benzene rings is 1. The number of amides is 1. The Labute approximate surface area is 126 Å². The number of nitrogens with one attached hydrogen (secondary N) is 1. The van der Waals surface area contributed by atoms with Crippen LogP contribution in [-0.2, 0) is 11.2 Å². The maximum atomic E-state index is 13.4. The largest absolute Gasteiger partial charge is 0.297 e.